The standard InChI is InChI=1S/C21H23O.C20H21.2ClH.Zr/c1-14-11-16-13-18(21(2,3)4)20(22-5)19(17(16)12-14)15-9-7-6-8-10-15;1-14-10-16-12-17(20(2,3)4)13-19(18(16)11-14)15-8-6-5-7-9-15;;;/h6-13H,1-5H3;5-13H,1-4H3;2*1H;/q;;;;+2/p-2. The zero-order valence-corrected chi connectivity index (χ0v) is 31.9. The summed E-state index contributed by atoms with van der Waals surface area (Å²) in [6.07, 6.45) is 4.99. The fourth-order valence-corrected chi connectivity index (χ4v) is 11.4. The quantitative estimate of drug-likeness (QED) is 0.272. The third-order valence-electron chi connectivity index (χ3n) is 9.20. The number of benzene rings is 4. The van der Waals surface area contributed by atoms with Crippen molar-refractivity contribution in [2.24, 2.45) is 0 Å². The largest absolute Gasteiger partial charge is 1.00 e. The zero-order valence-electron chi connectivity index (χ0n) is 28.0. The van der Waals surface area contributed by atoms with Crippen LogP contribution in [0.25, 0.3) is 34.4 Å². The summed E-state index contributed by atoms with van der Waals surface area (Å²) < 4.78 is 7.29. The van der Waals surface area contributed by atoms with Crippen molar-refractivity contribution in [2.75, 3.05) is 7.11 Å². The minimum Gasteiger partial charge on any atom is -1.00 e. The maximum absolute atomic E-state index is 6.23. The molecule has 4 heteroatoms. The molecule has 2 unspecified atom stereocenters. The number of rotatable bonds is 5. The maximum Gasteiger partial charge on any atom is -1.00 e. The predicted molar refractivity (Wildman–Crippen MR) is 180 cm³/mol. The summed E-state index contributed by atoms with van der Waals surface area (Å²) in [5.74, 6) is 1.03. The molecule has 4 aromatic carbocycles. The third kappa shape index (κ3) is 6.58. The van der Waals surface area contributed by atoms with E-state index in [1.165, 1.54) is 55.6 Å². The van der Waals surface area contributed by atoms with Gasteiger partial charge in [-0.15, -0.1) is 0 Å². The summed E-state index contributed by atoms with van der Waals surface area (Å²) in [6.45, 7) is 18.7. The van der Waals surface area contributed by atoms with Crippen LogP contribution in [0.3, 0.4) is 0 Å². The molecule has 0 heterocycles. The molecule has 0 fully saturated rings. The monoisotopic (exact) mass is 712 g/mol. The van der Waals surface area contributed by atoms with Gasteiger partial charge in [0.1, 0.15) is 0 Å². The third-order valence-corrected chi connectivity index (χ3v) is 14.6. The first-order chi connectivity index (χ1) is 20.4. The van der Waals surface area contributed by atoms with Crippen LogP contribution in [0.15, 0.2) is 90.0 Å². The molecule has 6 rings (SSSR count). The van der Waals surface area contributed by atoms with Gasteiger partial charge in [0.15, 0.2) is 0 Å². The number of hydrogen-bond acceptors (Lipinski definition) is 1. The van der Waals surface area contributed by atoms with Crippen molar-refractivity contribution in [3.8, 4) is 28.0 Å². The van der Waals surface area contributed by atoms with Crippen LogP contribution in [0, 0.1) is 0 Å². The Morgan fingerprint density at radius 3 is 1.64 bits per heavy atom. The van der Waals surface area contributed by atoms with Crippen LogP contribution in [-0.2, 0) is 34.1 Å². The molecule has 0 bridgehead atoms. The Kier molecular flexibility index (Phi) is 10.6. The van der Waals surface area contributed by atoms with Gasteiger partial charge < -0.3 is 24.8 Å². The van der Waals surface area contributed by atoms with E-state index in [1.807, 2.05) is 7.11 Å². The smallest absolute Gasteiger partial charge is 1.00 e. The average Bonchev–Trinajstić information content (AvgIpc) is 3.46. The number of halogens is 2. The summed E-state index contributed by atoms with van der Waals surface area (Å²) in [5, 5.41) is 0. The van der Waals surface area contributed by atoms with Gasteiger partial charge in [0.25, 0.3) is 0 Å². The van der Waals surface area contributed by atoms with Crippen molar-refractivity contribution in [1.29, 1.82) is 0 Å². The van der Waals surface area contributed by atoms with Gasteiger partial charge in [0, 0.05) is 0 Å². The summed E-state index contributed by atoms with van der Waals surface area (Å²) in [6, 6.07) is 29.4. The average molecular weight is 715 g/mol. The summed E-state index contributed by atoms with van der Waals surface area (Å²) in [7, 11) is 1.84. The van der Waals surface area contributed by atoms with E-state index in [0.717, 1.165) is 5.75 Å². The molecular weight excluding hydrogens is 671 g/mol. The second kappa shape index (κ2) is 13.4. The molecule has 0 aromatic heterocycles. The fraction of sp³-hybridized carbons (Fsp3) is 0.317. The Hall–Kier alpha value is -2.38. The van der Waals surface area contributed by atoms with Gasteiger partial charge in [-0.1, -0.05) is 0 Å². The van der Waals surface area contributed by atoms with E-state index in [4.69, 9.17) is 4.74 Å². The normalized spacial score (nSPS) is 16.8. The van der Waals surface area contributed by atoms with Crippen LogP contribution < -0.4 is 29.6 Å². The van der Waals surface area contributed by atoms with Crippen LogP contribution in [0.4, 0.5) is 0 Å². The van der Waals surface area contributed by atoms with Gasteiger partial charge >= 0.3 is 272 Å². The van der Waals surface area contributed by atoms with Crippen molar-refractivity contribution in [2.45, 2.75) is 73.5 Å². The molecule has 4 aromatic rings. The summed E-state index contributed by atoms with van der Waals surface area (Å²) in [5.41, 5.74) is 16.9. The van der Waals surface area contributed by atoms with Crippen LogP contribution in [-0.4, -0.2) is 7.11 Å². The van der Waals surface area contributed by atoms with Crippen LogP contribution in [0.1, 0.15) is 96.0 Å². The van der Waals surface area contributed by atoms with Crippen molar-refractivity contribution < 1.29 is 52.8 Å². The van der Waals surface area contributed by atoms with Gasteiger partial charge in [0.2, 0.25) is 0 Å². The Morgan fingerprint density at radius 1 is 0.622 bits per heavy atom. The SMILES string of the molecule is COc1c(C(C)(C)C)cc2c(c1-c1ccccc1)C=C(C)[CH]2[Zr+2][CH]1C(C)=Cc2c(-c3ccccc3)cc(C(C)(C)C)cc21.[Cl-].[Cl-]. The zero-order chi connectivity index (χ0) is 30.7. The molecule has 0 N–H and O–H groups in total. The minimum absolute atomic E-state index is 0. The van der Waals surface area contributed by atoms with Crippen LogP contribution in [0.2, 0.25) is 0 Å². The first-order valence-electron chi connectivity index (χ1n) is 15.6. The number of hydrogen-bond donors (Lipinski definition) is 0. The number of fused-ring (bicyclic) bond motifs is 2. The molecule has 0 aliphatic heterocycles. The van der Waals surface area contributed by atoms with E-state index in [1.54, 1.807) is 11.1 Å². The number of methoxy groups -OCH3 is 1. The van der Waals surface area contributed by atoms with Gasteiger partial charge in [0.05, 0.1) is 0 Å². The molecule has 232 valence electrons. The van der Waals surface area contributed by atoms with Crippen molar-refractivity contribution in [3.05, 3.63) is 123 Å². The summed E-state index contributed by atoms with van der Waals surface area (Å²) in [4.78, 5) is 0. The van der Waals surface area contributed by atoms with E-state index < -0.39 is 23.2 Å². The number of allylic oxidation sites excluding steroid dienone is 2. The first kappa shape index (κ1) is 35.5. The topological polar surface area (TPSA) is 9.23 Å². The Labute approximate surface area is 295 Å². The molecule has 0 amide bonds. The van der Waals surface area contributed by atoms with E-state index in [9.17, 15) is 0 Å². The molecule has 0 radical (unpaired) electrons. The van der Waals surface area contributed by atoms with E-state index in [0.29, 0.717) is 7.25 Å². The second-order valence-corrected chi connectivity index (χ2v) is 18.1. The van der Waals surface area contributed by atoms with Gasteiger partial charge in [-0.2, -0.15) is 0 Å². The Balaban J connectivity index is 0.00000230. The first-order valence-corrected chi connectivity index (χ1v) is 18.4. The van der Waals surface area contributed by atoms with Crippen molar-refractivity contribution in [1.82, 2.24) is 0 Å². The molecule has 1 nitrogen and oxygen atoms in total. The predicted octanol–water partition coefficient (Wildman–Crippen LogP) is 5.33. The fourth-order valence-electron chi connectivity index (χ4n) is 6.84. The molecule has 2 atom stereocenters. The molecule has 0 spiro atoms. The van der Waals surface area contributed by atoms with Gasteiger partial charge in [-0.25, -0.2) is 0 Å². The second-order valence-electron chi connectivity index (χ2n) is 14.4. The Morgan fingerprint density at radius 2 is 1.13 bits per heavy atom. The van der Waals surface area contributed by atoms with Gasteiger partial charge in [-0.05, 0) is 0 Å². The summed E-state index contributed by atoms with van der Waals surface area (Å²) >= 11 is -1.04. The Bertz CT molecular complexity index is 1760. The minimum atomic E-state index is -1.04. The molecule has 2 aliphatic carbocycles. The van der Waals surface area contributed by atoms with Crippen LogP contribution in [0.5, 0.6) is 5.75 Å². The molecule has 0 saturated carbocycles. The molecule has 45 heavy (non-hydrogen) atoms. The molecular formula is C41H44Cl2OZr. The molecule has 0 saturated heterocycles. The van der Waals surface area contributed by atoms with E-state index >= 15 is 0 Å². The van der Waals surface area contributed by atoms with Crippen molar-refractivity contribution >= 4 is 12.2 Å². The van der Waals surface area contributed by atoms with E-state index in [2.05, 4.69) is 146 Å². The van der Waals surface area contributed by atoms with Crippen molar-refractivity contribution in [3.63, 3.8) is 0 Å². The number of ether oxygens (including phenoxy) is 1. The van der Waals surface area contributed by atoms with E-state index in [-0.39, 0.29) is 35.6 Å². The molecule has 2 aliphatic rings. The van der Waals surface area contributed by atoms with Gasteiger partial charge in [-0.3, -0.25) is 0 Å². The maximum atomic E-state index is 6.23. The van der Waals surface area contributed by atoms with Crippen LogP contribution >= 0.6 is 0 Å².